The Morgan fingerprint density at radius 2 is 1.28 bits per heavy atom. The number of aryl methyl sites for hydroxylation is 2. The van der Waals surface area contributed by atoms with E-state index in [0.29, 0.717) is 12.1 Å². The molecule has 2 heteroatoms. The van der Waals surface area contributed by atoms with Crippen LogP contribution in [0.2, 0.25) is 0 Å². The van der Waals surface area contributed by atoms with Crippen LogP contribution in [-0.2, 0) is 0 Å². The molecule has 0 saturated carbocycles. The van der Waals surface area contributed by atoms with Crippen molar-refractivity contribution < 1.29 is 4.58 Å². The van der Waals surface area contributed by atoms with E-state index in [9.17, 15) is 0 Å². The number of hydrogen-bond donors (Lipinski definition) is 0. The van der Waals surface area contributed by atoms with Crippen molar-refractivity contribution in [1.82, 2.24) is 4.90 Å². The van der Waals surface area contributed by atoms with Gasteiger partial charge in [-0.25, -0.2) is 0 Å². The first-order chi connectivity index (χ1) is 13.5. The van der Waals surface area contributed by atoms with Crippen molar-refractivity contribution in [2.24, 2.45) is 10.8 Å². The maximum absolute atomic E-state index is 2.58. The number of nitrogens with zero attached hydrogens (tertiary/aromatic N) is 2. The molecule has 3 rings (SSSR count). The Hall–Kier alpha value is -2.09. The van der Waals surface area contributed by atoms with Gasteiger partial charge in [0, 0.05) is 10.8 Å². The quantitative estimate of drug-likeness (QED) is 0.537. The van der Waals surface area contributed by atoms with E-state index in [2.05, 4.69) is 120 Å². The van der Waals surface area contributed by atoms with Gasteiger partial charge < -0.3 is 0 Å². The molecular weight excluding hydrogens is 352 g/mol. The molecule has 0 N–H and O–H groups in total. The topological polar surface area (TPSA) is 6.25 Å². The van der Waals surface area contributed by atoms with Gasteiger partial charge in [0.1, 0.15) is 25.2 Å². The molecule has 0 fully saturated rings. The van der Waals surface area contributed by atoms with Gasteiger partial charge in [-0.1, -0.05) is 90.1 Å². The molecule has 156 valence electrons. The van der Waals surface area contributed by atoms with Gasteiger partial charge in [0.2, 0.25) is 6.34 Å². The molecule has 29 heavy (non-hydrogen) atoms. The van der Waals surface area contributed by atoms with Crippen molar-refractivity contribution in [2.75, 3.05) is 13.1 Å². The molecule has 1 aliphatic rings. The lowest BCUT2D eigenvalue weighted by atomic mass is 9.80. The first-order valence-electron chi connectivity index (χ1n) is 11.0. The maximum Gasteiger partial charge on any atom is 0.235 e. The van der Waals surface area contributed by atoms with Crippen LogP contribution >= 0.6 is 0 Å². The molecule has 0 bridgehead atoms. The Kier molecular flexibility index (Phi) is 5.94. The Morgan fingerprint density at radius 3 is 1.76 bits per heavy atom. The van der Waals surface area contributed by atoms with Gasteiger partial charge >= 0.3 is 0 Å². The summed E-state index contributed by atoms with van der Waals surface area (Å²) < 4.78 is 2.58. The third kappa shape index (κ3) is 4.57. The zero-order chi connectivity index (χ0) is 21.4. The van der Waals surface area contributed by atoms with E-state index in [1.54, 1.807) is 0 Å². The molecule has 2 aromatic carbocycles. The van der Waals surface area contributed by atoms with Crippen LogP contribution in [0.5, 0.6) is 0 Å². The Labute approximate surface area is 178 Å². The molecule has 0 aliphatic carbocycles. The van der Waals surface area contributed by atoms with Gasteiger partial charge in [-0.15, -0.1) is 0 Å². The second-order valence-electron chi connectivity index (χ2n) is 10.8. The van der Waals surface area contributed by atoms with Crippen molar-refractivity contribution in [3.05, 3.63) is 70.8 Å². The van der Waals surface area contributed by atoms with E-state index >= 15 is 0 Å². The highest BCUT2D eigenvalue weighted by atomic mass is 15.3. The number of hydrogen-bond acceptors (Lipinski definition) is 1. The average Bonchev–Trinajstić information content (AvgIpc) is 3.05. The van der Waals surface area contributed by atoms with E-state index in [0.717, 1.165) is 13.1 Å². The average molecular weight is 392 g/mol. The highest BCUT2D eigenvalue weighted by Gasteiger charge is 2.42. The summed E-state index contributed by atoms with van der Waals surface area (Å²) in [5.74, 6) is 0. The number of rotatable bonds is 4. The van der Waals surface area contributed by atoms with Gasteiger partial charge in [0.15, 0.2) is 0 Å². The fourth-order valence-electron chi connectivity index (χ4n) is 5.00. The van der Waals surface area contributed by atoms with Crippen LogP contribution in [0.25, 0.3) is 0 Å². The normalized spacial score (nSPS) is 17.2. The molecule has 1 aliphatic heterocycles. The summed E-state index contributed by atoms with van der Waals surface area (Å²) in [6.07, 6.45) is 2.42. The van der Waals surface area contributed by atoms with Gasteiger partial charge in [0.25, 0.3) is 0 Å². The summed E-state index contributed by atoms with van der Waals surface area (Å²) in [7, 11) is 0. The second kappa shape index (κ2) is 7.97. The summed E-state index contributed by atoms with van der Waals surface area (Å²) in [5, 5.41) is 0. The molecule has 1 heterocycles. The maximum atomic E-state index is 2.58. The summed E-state index contributed by atoms with van der Waals surface area (Å²) in [4.78, 5) is 2.58. The SMILES string of the molecule is Cc1ccccc1[C@@H](N1C=[N+]([C@H](c2ccccc2C)C(C)(C)C)CC1)C(C)(C)C. The molecule has 0 spiro atoms. The standard InChI is InChI=1S/C27H39N2/c1-20-13-9-11-15-22(20)24(26(3,4)5)28-17-18-29(19-28)25(27(6,7)8)23-16-12-10-14-21(23)2/h9-16,19,24-25H,17-18H2,1-8H3/q+1/t24-,25-/m1/s1. The van der Waals surface area contributed by atoms with Crippen LogP contribution in [0.3, 0.4) is 0 Å². The van der Waals surface area contributed by atoms with Crippen LogP contribution in [0.4, 0.5) is 0 Å². The highest BCUT2D eigenvalue weighted by Crippen LogP contribution is 2.42. The minimum atomic E-state index is 0.151. The van der Waals surface area contributed by atoms with Gasteiger partial charge in [-0.2, -0.15) is 0 Å². The van der Waals surface area contributed by atoms with E-state index < -0.39 is 0 Å². The monoisotopic (exact) mass is 391 g/mol. The summed E-state index contributed by atoms with van der Waals surface area (Å²) in [5.41, 5.74) is 5.95. The molecule has 2 atom stereocenters. The fraction of sp³-hybridized carbons (Fsp3) is 0.519. The first kappa shape index (κ1) is 21.6. The van der Waals surface area contributed by atoms with Gasteiger partial charge in [-0.05, 0) is 36.1 Å². The van der Waals surface area contributed by atoms with Crippen molar-refractivity contribution in [2.45, 2.75) is 67.5 Å². The summed E-state index contributed by atoms with van der Waals surface area (Å²) >= 11 is 0. The van der Waals surface area contributed by atoms with Gasteiger partial charge in [0.05, 0.1) is 0 Å². The van der Waals surface area contributed by atoms with Crippen molar-refractivity contribution >= 4 is 6.34 Å². The first-order valence-corrected chi connectivity index (χ1v) is 11.0. The van der Waals surface area contributed by atoms with Crippen molar-refractivity contribution in [3.8, 4) is 0 Å². The Bertz CT molecular complexity index is 880. The van der Waals surface area contributed by atoms with Crippen LogP contribution in [0, 0.1) is 24.7 Å². The Morgan fingerprint density at radius 1 is 0.759 bits per heavy atom. The zero-order valence-electron chi connectivity index (χ0n) is 19.7. The minimum absolute atomic E-state index is 0.151. The molecular formula is C27H39N2+. The highest BCUT2D eigenvalue weighted by molar-refractivity contribution is 5.53. The third-order valence-electron chi connectivity index (χ3n) is 6.18. The predicted octanol–water partition coefficient (Wildman–Crippen LogP) is 6.53. The van der Waals surface area contributed by atoms with E-state index in [4.69, 9.17) is 0 Å². The van der Waals surface area contributed by atoms with Crippen LogP contribution in [-0.4, -0.2) is 28.9 Å². The largest absolute Gasteiger partial charge is 0.257 e. The van der Waals surface area contributed by atoms with Crippen LogP contribution < -0.4 is 0 Å². The number of benzene rings is 2. The lowest BCUT2D eigenvalue weighted by Gasteiger charge is -2.34. The molecule has 0 radical (unpaired) electrons. The van der Waals surface area contributed by atoms with E-state index in [1.807, 2.05) is 0 Å². The molecule has 0 saturated heterocycles. The predicted molar refractivity (Wildman–Crippen MR) is 125 cm³/mol. The van der Waals surface area contributed by atoms with Crippen LogP contribution in [0.1, 0.15) is 75.9 Å². The Balaban J connectivity index is 2.04. The molecule has 2 nitrogen and oxygen atoms in total. The molecule has 0 unspecified atom stereocenters. The molecule has 0 aromatic heterocycles. The zero-order valence-corrected chi connectivity index (χ0v) is 19.7. The van der Waals surface area contributed by atoms with Gasteiger partial charge in [-0.3, -0.25) is 9.48 Å². The lowest BCUT2D eigenvalue weighted by Crippen LogP contribution is -2.35. The molecule has 2 aromatic rings. The molecule has 0 amide bonds. The fourth-order valence-corrected chi connectivity index (χ4v) is 5.00. The minimum Gasteiger partial charge on any atom is -0.257 e. The third-order valence-corrected chi connectivity index (χ3v) is 6.18. The summed E-state index contributed by atoms with van der Waals surface area (Å²) in [6.45, 7) is 20.8. The van der Waals surface area contributed by atoms with Crippen molar-refractivity contribution in [1.29, 1.82) is 0 Å². The smallest absolute Gasteiger partial charge is 0.235 e. The van der Waals surface area contributed by atoms with E-state index in [-0.39, 0.29) is 10.8 Å². The summed E-state index contributed by atoms with van der Waals surface area (Å²) in [6, 6.07) is 18.5. The second-order valence-corrected chi connectivity index (χ2v) is 10.8. The van der Waals surface area contributed by atoms with Crippen LogP contribution in [0.15, 0.2) is 48.5 Å². The van der Waals surface area contributed by atoms with Crippen molar-refractivity contribution in [3.63, 3.8) is 0 Å². The van der Waals surface area contributed by atoms with E-state index in [1.165, 1.54) is 22.3 Å². The lowest BCUT2D eigenvalue weighted by molar-refractivity contribution is -0.576.